The number of hydrogen-bond acceptors (Lipinski definition) is 4. The fourth-order valence-corrected chi connectivity index (χ4v) is 2.04. The molecule has 0 spiro atoms. The van der Waals surface area contributed by atoms with Gasteiger partial charge in [0, 0.05) is 17.1 Å². The molecular weight excluding hydrogens is 274 g/mol. The number of nitrogens with zero attached hydrogens (tertiary/aromatic N) is 2. The predicted octanol–water partition coefficient (Wildman–Crippen LogP) is 3.54. The molecule has 3 aromatic rings. The van der Waals surface area contributed by atoms with E-state index < -0.39 is 11.6 Å². The molecule has 0 aliphatic rings. The van der Waals surface area contributed by atoms with Gasteiger partial charge in [0.15, 0.2) is 0 Å². The van der Waals surface area contributed by atoms with Crippen LogP contribution in [0.2, 0.25) is 0 Å². The molecule has 0 unspecified atom stereocenters. The highest BCUT2D eigenvalue weighted by molar-refractivity contribution is 5.92. The minimum atomic E-state index is -0.551. The molecule has 0 amide bonds. The third-order valence-corrected chi connectivity index (χ3v) is 3.16. The van der Waals surface area contributed by atoms with E-state index in [0.29, 0.717) is 22.4 Å². The predicted molar refractivity (Wildman–Crippen MR) is 78.3 cm³/mol. The Kier molecular flexibility index (Phi) is 3.13. The Bertz CT molecular complexity index is 833. The van der Waals surface area contributed by atoms with Crippen molar-refractivity contribution in [1.29, 1.82) is 0 Å². The highest BCUT2D eigenvalue weighted by Gasteiger charge is 2.10. The molecule has 4 nitrogen and oxygen atoms in total. The third kappa shape index (κ3) is 2.47. The smallest absolute Gasteiger partial charge is 0.147 e. The van der Waals surface area contributed by atoms with Crippen molar-refractivity contribution in [3.63, 3.8) is 0 Å². The number of benzene rings is 2. The van der Waals surface area contributed by atoms with Crippen molar-refractivity contribution in [1.82, 2.24) is 9.97 Å². The van der Waals surface area contributed by atoms with Gasteiger partial charge in [-0.25, -0.2) is 18.7 Å². The number of nitrogens with one attached hydrogen (secondary N) is 1. The second-order valence-electron chi connectivity index (χ2n) is 4.71. The van der Waals surface area contributed by atoms with Gasteiger partial charge in [0.1, 0.15) is 23.8 Å². The molecule has 3 N–H and O–H groups in total. The van der Waals surface area contributed by atoms with Gasteiger partial charge < -0.3 is 11.1 Å². The van der Waals surface area contributed by atoms with Crippen LogP contribution in [0.25, 0.3) is 10.9 Å². The van der Waals surface area contributed by atoms with Gasteiger partial charge in [-0.3, -0.25) is 0 Å². The zero-order valence-electron chi connectivity index (χ0n) is 11.2. The molecule has 6 heteroatoms. The van der Waals surface area contributed by atoms with E-state index >= 15 is 0 Å². The Balaban J connectivity index is 2.10. The van der Waals surface area contributed by atoms with E-state index in [1.165, 1.54) is 13.3 Å². The maximum Gasteiger partial charge on any atom is 0.147 e. The maximum absolute atomic E-state index is 13.9. The van der Waals surface area contributed by atoms with E-state index in [9.17, 15) is 8.78 Å². The summed E-state index contributed by atoms with van der Waals surface area (Å²) in [7, 11) is 0. The molecule has 21 heavy (non-hydrogen) atoms. The first-order valence-corrected chi connectivity index (χ1v) is 6.27. The average Bonchev–Trinajstić information content (AvgIpc) is 2.45. The van der Waals surface area contributed by atoms with E-state index in [4.69, 9.17) is 5.73 Å². The molecule has 106 valence electrons. The molecule has 0 aliphatic carbocycles. The van der Waals surface area contributed by atoms with Crippen LogP contribution in [0.5, 0.6) is 0 Å². The topological polar surface area (TPSA) is 63.8 Å². The summed E-state index contributed by atoms with van der Waals surface area (Å²) in [6.45, 7) is 1.50. The number of nitrogen functional groups attached to an aromatic ring is 1. The molecule has 0 radical (unpaired) electrons. The molecular formula is C15H12F2N4. The fourth-order valence-electron chi connectivity index (χ4n) is 2.04. The molecule has 0 aliphatic heterocycles. The molecule has 2 aromatic carbocycles. The van der Waals surface area contributed by atoms with E-state index in [1.54, 1.807) is 18.2 Å². The minimum absolute atomic E-state index is 0.0144. The van der Waals surface area contributed by atoms with E-state index in [2.05, 4.69) is 15.3 Å². The molecule has 1 aromatic heterocycles. The lowest BCUT2D eigenvalue weighted by atomic mass is 10.2. The third-order valence-electron chi connectivity index (χ3n) is 3.16. The van der Waals surface area contributed by atoms with Crippen LogP contribution < -0.4 is 11.1 Å². The zero-order valence-corrected chi connectivity index (χ0v) is 11.2. The van der Waals surface area contributed by atoms with Crippen molar-refractivity contribution >= 4 is 28.1 Å². The molecule has 0 saturated heterocycles. The Morgan fingerprint density at radius 3 is 2.67 bits per heavy atom. The molecule has 0 fully saturated rings. The Labute approximate surface area is 119 Å². The number of aromatic nitrogens is 2. The van der Waals surface area contributed by atoms with Crippen LogP contribution in [0.3, 0.4) is 0 Å². The Hall–Kier alpha value is -2.76. The molecule has 0 bridgehead atoms. The number of nitrogens with two attached hydrogens (primary N) is 1. The van der Waals surface area contributed by atoms with Crippen LogP contribution in [0, 0.1) is 18.6 Å². The van der Waals surface area contributed by atoms with Gasteiger partial charge in [-0.2, -0.15) is 0 Å². The number of rotatable bonds is 2. The minimum Gasteiger partial charge on any atom is -0.399 e. The van der Waals surface area contributed by atoms with Crippen LogP contribution in [-0.2, 0) is 0 Å². The van der Waals surface area contributed by atoms with Gasteiger partial charge in [0.2, 0.25) is 0 Å². The van der Waals surface area contributed by atoms with Crippen molar-refractivity contribution in [2.75, 3.05) is 11.1 Å². The zero-order chi connectivity index (χ0) is 15.0. The highest BCUT2D eigenvalue weighted by Crippen LogP contribution is 2.27. The lowest BCUT2D eigenvalue weighted by Gasteiger charge is -2.10. The average molecular weight is 286 g/mol. The van der Waals surface area contributed by atoms with Crippen molar-refractivity contribution in [3.05, 3.63) is 53.9 Å². The highest BCUT2D eigenvalue weighted by atomic mass is 19.1. The van der Waals surface area contributed by atoms with Gasteiger partial charge >= 0.3 is 0 Å². The van der Waals surface area contributed by atoms with Crippen LogP contribution >= 0.6 is 0 Å². The summed E-state index contributed by atoms with van der Waals surface area (Å²) in [5, 5.41) is 3.43. The molecule has 1 heterocycles. The van der Waals surface area contributed by atoms with Crippen LogP contribution in [0.1, 0.15) is 5.56 Å². The molecule has 0 saturated carbocycles. The number of fused-ring (bicyclic) bond motifs is 1. The second kappa shape index (κ2) is 4.97. The monoisotopic (exact) mass is 286 g/mol. The van der Waals surface area contributed by atoms with E-state index in [1.807, 2.05) is 0 Å². The first-order chi connectivity index (χ1) is 10.0. The number of anilines is 3. The van der Waals surface area contributed by atoms with Crippen molar-refractivity contribution in [3.8, 4) is 0 Å². The van der Waals surface area contributed by atoms with Gasteiger partial charge in [-0.15, -0.1) is 0 Å². The van der Waals surface area contributed by atoms with Gasteiger partial charge in [-0.1, -0.05) is 0 Å². The van der Waals surface area contributed by atoms with Crippen molar-refractivity contribution < 1.29 is 8.78 Å². The van der Waals surface area contributed by atoms with E-state index in [0.717, 1.165) is 12.1 Å². The SMILES string of the molecule is Cc1cc(F)c(Nc2ncnc3ccc(N)cc23)cc1F. The van der Waals surface area contributed by atoms with Gasteiger partial charge in [0.05, 0.1) is 11.2 Å². The Morgan fingerprint density at radius 1 is 1.05 bits per heavy atom. The lowest BCUT2D eigenvalue weighted by molar-refractivity contribution is 0.595. The van der Waals surface area contributed by atoms with E-state index in [-0.39, 0.29) is 11.3 Å². The summed E-state index contributed by atoms with van der Waals surface area (Å²) in [4.78, 5) is 8.17. The maximum atomic E-state index is 13.9. The summed E-state index contributed by atoms with van der Waals surface area (Å²) < 4.78 is 27.5. The molecule has 3 rings (SSSR count). The summed E-state index contributed by atoms with van der Waals surface area (Å²) in [5.74, 6) is -0.671. The summed E-state index contributed by atoms with van der Waals surface area (Å²) in [6, 6.07) is 7.37. The fraction of sp³-hybridized carbons (Fsp3) is 0.0667. The van der Waals surface area contributed by atoms with Crippen LogP contribution in [0.15, 0.2) is 36.7 Å². The first kappa shape index (κ1) is 13.2. The van der Waals surface area contributed by atoms with Crippen molar-refractivity contribution in [2.24, 2.45) is 0 Å². The molecule has 0 atom stereocenters. The lowest BCUT2D eigenvalue weighted by Crippen LogP contribution is -2.00. The number of hydrogen-bond donors (Lipinski definition) is 2. The number of halogens is 2. The summed E-state index contributed by atoms with van der Waals surface area (Å²) >= 11 is 0. The van der Waals surface area contributed by atoms with Gasteiger partial charge in [-0.05, 0) is 36.8 Å². The summed E-state index contributed by atoms with van der Waals surface area (Å²) in [6.07, 6.45) is 1.35. The summed E-state index contributed by atoms with van der Waals surface area (Å²) in [5.41, 5.74) is 7.20. The second-order valence-corrected chi connectivity index (χ2v) is 4.71. The number of aryl methyl sites for hydroxylation is 1. The normalized spacial score (nSPS) is 10.8. The quantitative estimate of drug-likeness (QED) is 0.707. The Morgan fingerprint density at radius 2 is 1.86 bits per heavy atom. The van der Waals surface area contributed by atoms with Crippen LogP contribution in [0.4, 0.5) is 26.0 Å². The van der Waals surface area contributed by atoms with Gasteiger partial charge in [0.25, 0.3) is 0 Å². The van der Waals surface area contributed by atoms with Crippen LogP contribution in [-0.4, -0.2) is 9.97 Å². The van der Waals surface area contributed by atoms with Crippen molar-refractivity contribution in [2.45, 2.75) is 6.92 Å². The first-order valence-electron chi connectivity index (χ1n) is 6.27. The largest absolute Gasteiger partial charge is 0.399 e. The standard InChI is InChI=1S/C15H12F2N4/c1-8-4-12(17)14(6-11(8)16)21-15-10-5-9(18)2-3-13(10)19-7-20-15/h2-7H,18H2,1H3,(H,19,20,21).